The van der Waals surface area contributed by atoms with E-state index in [4.69, 9.17) is 10.7 Å². The van der Waals surface area contributed by atoms with Gasteiger partial charge in [0.05, 0.1) is 22.3 Å². The van der Waals surface area contributed by atoms with Crippen LogP contribution in [0.25, 0.3) is 21.9 Å². The van der Waals surface area contributed by atoms with E-state index in [0.717, 1.165) is 66.4 Å². The molecule has 3 N–H and O–H groups in total. The molecule has 270 valence electrons. The highest BCUT2D eigenvalue weighted by molar-refractivity contribution is 8.00. The molecule has 2 aromatic heterocycles. The number of pyridine rings is 1. The fraction of sp³-hybridized carbons (Fsp3) is 0.675. The van der Waals surface area contributed by atoms with Crippen molar-refractivity contribution in [3.63, 3.8) is 0 Å². The Morgan fingerprint density at radius 3 is 2.40 bits per heavy atom. The van der Waals surface area contributed by atoms with Crippen LogP contribution in [0, 0.1) is 17.8 Å². The molecule has 0 spiro atoms. The van der Waals surface area contributed by atoms with Crippen molar-refractivity contribution in [1.29, 1.82) is 0 Å². The first kappa shape index (κ1) is 35.4. The molecule has 2 amide bonds. The van der Waals surface area contributed by atoms with Gasteiger partial charge in [-0.1, -0.05) is 82.9 Å². The Morgan fingerprint density at radius 1 is 0.900 bits per heavy atom. The SMILES string of the molecule is CCCCc1nc2c(N)nc3ccccc3c2n1CCCCN1C(=O)CC(SCC2NC3C4CCCCCCCCCCC(C4)C3C2=O)C1=O. The number of imide groups is 1. The second-order valence-corrected chi connectivity index (χ2v) is 16.7. The van der Waals surface area contributed by atoms with Gasteiger partial charge in [0.25, 0.3) is 0 Å². The van der Waals surface area contributed by atoms with Crippen LogP contribution in [0.3, 0.4) is 0 Å². The zero-order valence-electron chi connectivity index (χ0n) is 29.9. The van der Waals surface area contributed by atoms with E-state index in [9.17, 15) is 14.4 Å². The van der Waals surface area contributed by atoms with Gasteiger partial charge in [0.1, 0.15) is 11.3 Å². The number of imidazole rings is 1. The number of amides is 2. The molecular weight excluding hydrogens is 645 g/mol. The van der Waals surface area contributed by atoms with E-state index < -0.39 is 5.25 Å². The number of hydrogen-bond acceptors (Lipinski definition) is 8. The molecule has 2 bridgehead atoms. The minimum absolute atomic E-state index is 0.0888. The zero-order chi connectivity index (χ0) is 34.6. The number of fused-ring (bicyclic) bond motifs is 8. The highest BCUT2D eigenvalue weighted by Gasteiger charge is 2.53. The van der Waals surface area contributed by atoms with Gasteiger partial charge in [0.15, 0.2) is 11.6 Å². The van der Waals surface area contributed by atoms with Gasteiger partial charge in [0.2, 0.25) is 11.8 Å². The highest BCUT2D eigenvalue weighted by atomic mass is 32.2. The van der Waals surface area contributed by atoms with Crippen LogP contribution < -0.4 is 11.1 Å². The number of para-hydroxylation sites is 1. The van der Waals surface area contributed by atoms with Crippen LogP contribution in [0.2, 0.25) is 0 Å². The van der Waals surface area contributed by atoms with Gasteiger partial charge in [-0.2, -0.15) is 0 Å². The molecule has 1 aromatic carbocycles. The lowest BCUT2D eigenvalue weighted by Gasteiger charge is -2.20. The molecule has 6 atom stereocenters. The third-order valence-electron chi connectivity index (χ3n) is 12.1. The van der Waals surface area contributed by atoms with E-state index >= 15 is 0 Å². The number of likely N-dealkylation sites (tertiary alicyclic amines) is 1. The fourth-order valence-electron chi connectivity index (χ4n) is 9.50. The van der Waals surface area contributed by atoms with Crippen molar-refractivity contribution >= 4 is 57.1 Å². The number of carbonyl (C=O) groups is 3. The zero-order valence-corrected chi connectivity index (χ0v) is 30.7. The maximum atomic E-state index is 13.8. The van der Waals surface area contributed by atoms with Gasteiger partial charge in [-0.15, -0.1) is 11.8 Å². The minimum Gasteiger partial charge on any atom is -0.382 e. The summed E-state index contributed by atoms with van der Waals surface area (Å²) in [5, 5.41) is 4.42. The van der Waals surface area contributed by atoms with Crippen LogP contribution in [-0.4, -0.2) is 66.7 Å². The number of nitrogen functional groups attached to an aromatic ring is 1. The maximum absolute atomic E-state index is 13.8. The summed E-state index contributed by atoms with van der Waals surface area (Å²) in [6.07, 6.45) is 18.8. The number of nitrogens with zero attached hydrogens (tertiary/aromatic N) is 4. The predicted octanol–water partition coefficient (Wildman–Crippen LogP) is 7.23. The number of rotatable bonds is 11. The summed E-state index contributed by atoms with van der Waals surface area (Å²) in [7, 11) is 0. The molecule has 3 aromatic rings. The normalized spacial score (nSPS) is 27.9. The fourth-order valence-corrected chi connectivity index (χ4v) is 10.7. The van der Waals surface area contributed by atoms with E-state index in [1.54, 1.807) is 0 Å². The largest absolute Gasteiger partial charge is 0.382 e. The molecule has 2 saturated carbocycles. The molecule has 4 heterocycles. The summed E-state index contributed by atoms with van der Waals surface area (Å²) in [5.41, 5.74) is 9.00. The predicted molar refractivity (Wildman–Crippen MR) is 202 cm³/mol. The van der Waals surface area contributed by atoms with Crippen molar-refractivity contribution in [2.45, 2.75) is 140 Å². The minimum atomic E-state index is -0.397. The number of thioether (sulfide) groups is 1. The summed E-state index contributed by atoms with van der Waals surface area (Å²) in [6, 6.07) is 8.13. The number of aryl methyl sites for hydroxylation is 2. The number of benzene rings is 1. The third-order valence-corrected chi connectivity index (χ3v) is 13.4. The lowest BCUT2D eigenvalue weighted by atomic mass is 9.86. The van der Waals surface area contributed by atoms with Crippen LogP contribution in [0.15, 0.2) is 24.3 Å². The Balaban J connectivity index is 0.942. The van der Waals surface area contributed by atoms with Crippen molar-refractivity contribution in [2.24, 2.45) is 17.8 Å². The Bertz CT molecular complexity index is 1690. The Labute approximate surface area is 301 Å². The number of anilines is 1. The molecule has 4 fully saturated rings. The number of nitrogens with one attached hydrogen (secondary N) is 1. The van der Waals surface area contributed by atoms with Crippen LogP contribution in [0.4, 0.5) is 5.82 Å². The number of ketones is 1. The van der Waals surface area contributed by atoms with Crippen LogP contribution in [-0.2, 0) is 27.3 Å². The van der Waals surface area contributed by atoms with Crippen LogP contribution in [0.1, 0.15) is 115 Å². The van der Waals surface area contributed by atoms with E-state index in [0.29, 0.717) is 41.8 Å². The summed E-state index contributed by atoms with van der Waals surface area (Å²) in [4.78, 5) is 51.4. The second-order valence-electron chi connectivity index (χ2n) is 15.4. The number of nitrogens with two attached hydrogens (primary N) is 1. The number of aromatic nitrogens is 3. The molecule has 2 aliphatic heterocycles. The molecule has 6 unspecified atom stereocenters. The topological polar surface area (TPSA) is 123 Å². The molecule has 4 aliphatic rings. The lowest BCUT2D eigenvalue weighted by Crippen LogP contribution is -2.38. The van der Waals surface area contributed by atoms with Gasteiger partial charge < -0.3 is 15.6 Å². The van der Waals surface area contributed by atoms with E-state index in [1.807, 2.05) is 18.2 Å². The van der Waals surface area contributed by atoms with E-state index in [1.165, 1.54) is 87.3 Å². The van der Waals surface area contributed by atoms with Gasteiger partial charge in [-0.05, 0) is 56.4 Å². The Kier molecular flexibility index (Phi) is 11.4. The first-order chi connectivity index (χ1) is 24.4. The summed E-state index contributed by atoms with van der Waals surface area (Å²) in [5.74, 6) is 3.44. The van der Waals surface area contributed by atoms with E-state index in [-0.39, 0.29) is 30.2 Å². The molecule has 0 radical (unpaired) electrons. The quantitative estimate of drug-likeness (QED) is 0.159. The van der Waals surface area contributed by atoms with Gasteiger partial charge in [0, 0.05) is 49.0 Å². The molecule has 2 saturated heterocycles. The van der Waals surface area contributed by atoms with Crippen LogP contribution in [0.5, 0.6) is 0 Å². The maximum Gasteiger partial charge on any atom is 0.242 e. The number of unbranched alkanes of at least 4 members (excludes halogenated alkanes) is 2. The van der Waals surface area contributed by atoms with Crippen molar-refractivity contribution in [3.05, 3.63) is 30.1 Å². The summed E-state index contributed by atoms with van der Waals surface area (Å²) < 4.78 is 2.28. The summed E-state index contributed by atoms with van der Waals surface area (Å²) in [6.45, 7) is 3.33. The van der Waals surface area contributed by atoms with Crippen LogP contribution >= 0.6 is 11.8 Å². The number of hydrogen-bond donors (Lipinski definition) is 2. The van der Waals surface area contributed by atoms with Crippen molar-refractivity contribution in [2.75, 3.05) is 18.0 Å². The first-order valence-corrected chi connectivity index (χ1v) is 20.8. The first-order valence-electron chi connectivity index (χ1n) is 19.7. The Hall–Kier alpha value is -2.98. The number of carbonyl (C=O) groups excluding carboxylic acids is 3. The second kappa shape index (κ2) is 16.1. The van der Waals surface area contributed by atoms with Crippen molar-refractivity contribution in [1.82, 2.24) is 24.8 Å². The average Bonchev–Trinajstić information content (AvgIpc) is 3.83. The summed E-state index contributed by atoms with van der Waals surface area (Å²) >= 11 is 1.52. The van der Waals surface area contributed by atoms with Gasteiger partial charge in [-0.3, -0.25) is 19.3 Å². The molecule has 2 aliphatic carbocycles. The van der Waals surface area contributed by atoms with Crippen molar-refractivity contribution < 1.29 is 14.4 Å². The molecule has 7 rings (SSSR count). The standard InChI is InChI=1S/C40H56N6O3S/c1-2-3-20-32-44-36-37(28-18-12-13-19-29(28)43-39(36)41)45(32)21-14-15-22-46-33(47)24-31(40(46)49)50-25-30-38(48)34-26-16-10-8-6-4-5-7-9-11-17-27(23-26)35(34)42-30/h12-13,18-19,26-27,30-31,34-35,42H,2-11,14-17,20-25H2,1H3,(H2,41,43). The Morgan fingerprint density at radius 2 is 1.62 bits per heavy atom. The van der Waals surface area contributed by atoms with Gasteiger partial charge >= 0.3 is 0 Å². The smallest absolute Gasteiger partial charge is 0.242 e. The van der Waals surface area contributed by atoms with E-state index in [2.05, 4.69) is 27.9 Å². The molecule has 10 heteroatoms. The van der Waals surface area contributed by atoms with Gasteiger partial charge in [-0.25, -0.2) is 9.97 Å². The molecular formula is C40H56N6O3S. The number of Topliss-reactive ketones (excluding diaryl/α,β-unsaturated/α-hetero) is 1. The molecule has 50 heavy (non-hydrogen) atoms. The highest BCUT2D eigenvalue weighted by Crippen LogP contribution is 2.46. The monoisotopic (exact) mass is 700 g/mol. The lowest BCUT2D eigenvalue weighted by molar-refractivity contribution is -0.138. The average molecular weight is 701 g/mol. The third kappa shape index (κ3) is 7.34. The van der Waals surface area contributed by atoms with Crippen molar-refractivity contribution in [3.8, 4) is 0 Å². The molecule has 9 nitrogen and oxygen atoms in total.